The second-order valence-electron chi connectivity index (χ2n) is 7.00. The molecule has 1 aromatic heterocycles. The smallest absolute Gasteiger partial charge is 0.234 e. The van der Waals surface area contributed by atoms with E-state index >= 15 is 0 Å². The van der Waals surface area contributed by atoms with Crippen molar-refractivity contribution in [3.63, 3.8) is 0 Å². The van der Waals surface area contributed by atoms with Crippen LogP contribution in [0.3, 0.4) is 0 Å². The summed E-state index contributed by atoms with van der Waals surface area (Å²) in [4.78, 5) is 24.9. The quantitative estimate of drug-likeness (QED) is 0.319. The van der Waals surface area contributed by atoms with Gasteiger partial charge in [-0.1, -0.05) is 54.6 Å². The van der Waals surface area contributed by atoms with Gasteiger partial charge in [0, 0.05) is 17.9 Å². The summed E-state index contributed by atoms with van der Waals surface area (Å²) in [5, 5.41) is 14.3. The second kappa shape index (κ2) is 11.6. The molecule has 10 heteroatoms. The fourth-order valence-corrected chi connectivity index (χ4v) is 4.01. The van der Waals surface area contributed by atoms with Gasteiger partial charge in [0.25, 0.3) is 0 Å². The molecule has 3 aromatic rings. The van der Waals surface area contributed by atoms with Crippen LogP contribution < -0.4 is 10.6 Å². The van der Waals surface area contributed by atoms with E-state index in [0.29, 0.717) is 23.2 Å². The van der Waals surface area contributed by atoms with Gasteiger partial charge in [-0.05, 0) is 36.2 Å². The first-order valence-electron chi connectivity index (χ1n) is 10.2. The van der Waals surface area contributed by atoms with Gasteiger partial charge in [-0.25, -0.2) is 4.39 Å². The average Bonchev–Trinajstić information content (AvgIpc) is 3.16. The fraction of sp³-hybridized carbons (Fsp3) is 0.217. The largest absolute Gasteiger partial charge is 0.325 e. The third-order valence-electron chi connectivity index (χ3n) is 4.63. The number of para-hydroxylation sites is 1. The molecule has 0 aliphatic heterocycles. The Morgan fingerprint density at radius 3 is 2.70 bits per heavy atom. The Morgan fingerprint density at radius 2 is 1.97 bits per heavy atom. The molecular formula is C23H23ClFN5O2S. The number of hydrogen-bond donors (Lipinski definition) is 2. The summed E-state index contributed by atoms with van der Waals surface area (Å²) < 4.78 is 15.0. The SMILES string of the molecule is C=CCn1c(CC(=O)Nc2ccccc2CC)nnc1SCC(=O)Nc1ccc(F)c(Cl)c1. The molecule has 2 aromatic carbocycles. The summed E-state index contributed by atoms with van der Waals surface area (Å²) in [6.45, 7) is 6.16. The third-order valence-corrected chi connectivity index (χ3v) is 5.89. The monoisotopic (exact) mass is 487 g/mol. The number of carbonyl (C=O) groups excluding carboxylic acids is 2. The molecule has 0 saturated heterocycles. The molecule has 7 nitrogen and oxygen atoms in total. The fourth-order valence-electron chi connectivity index (χ4n) is 3.06. The highest BCUT2D eigenvalue weighted by molar-refractivity contribution is 7.99. The molecule has 0 atom stereocenters. The van der Waals surface area contributed by atoms with E-state index < -0.39 is 5.82 Å². The van der Waals surface area contributed by atoms with Crippen molar-refractivity contribution < 1.29 is 14.0 Å². The van der Waals surface area contributed by atoms with E-state index in [4.69, 9.17) is 11.6 Å². The first-order valence-corrected chi connectivity index (χ1v) is 11.6. The number of allylic oxidation sites excluding steroid dienone is 1. The van der Waals surface area contributed by atoms with Crippen molar-refractivity contribution in [3.8, 4) is 0 Å². The molecule has 0 unspecified atom stereocenters. The van der Waals surface area contributed by atoms with Gasteiger partial charge in [0.05, 0.1) is 17.2 Å². The Bertz CT molecular complexity index is 1170. The van der Waals surface area contributed by atoms with Crippen molar-refractivity contribution in [3.05, 3.63) is 77.3 Å². The number of amides is 2. The minimum atomic E-state index is -0.559. The average molecular weight is 488 g/mol. The van der Waals surface area contributed by atoms with Gasteiger partial charge in [-0.15, -0.1) is 16.8 Å². The zero-order valence-corrected chi connectivity index (χ0v) is 19.5. The van der Waals surface area contributed by atoms with Crippen LogP contribution in [0, 0.1) is 5.82 Å². The number of rotatable bonds is 10. The maximum atomic E-state index is 13.3. The Balaban J connectivity index is 1.63. The molecule has 0 aliphatic carbocycles. The standard InChI is InChI=1S/C23H23ClFN5O2S/c1-3-11-30-20(13-21(31)27-19-8-6-5-7-15(19)4-2)28-29-23(30)33-14-22(32)26-16-9-10-18(25)17(24)12-16/h3,5-10,12H,1,4,11,13-14H2,2H3,(H,26,32)(H,27,31). The Hall–Kier alpha value is -3.17. The number of nitrogens with zero attached hydrogens (tertiary/aromatic N) is 3. The molecule has 0 aliphatic rings. The van der Waals surface area contributed by atoms with Crippen molar-refractivity contribution in [1.82, 2.24) is 14.8 Å². The Morgan fingerprint density at radius 1 is 1.18 bits per heavy atom. The van der Waals surface area contributed by atoms with Crippen molar-refractivity contribution in [2.45, 2.75) is 31.5 Å². The zero-order valence-electron chi connectivity index (χ0n) is 18.0. The lowest BCUT2D eigenvalue weighted by Crippen LogP contribution is -2.19. The van der Waals surface area contributed by atoms with Crippen LogP contribution in [0.25, 0.3) is 0 Å². The number of carbonyl (C=O) groups is 2. The van der Waals surface area contributed by atoms with Gasteiger partial charge < -0.3 is 15.2 Å². The minimum absolute atomic E-state index is 0.0275. The number of aryl methyl sites for hydroxylation is 1. The van der Waals surface area contributed by atoms with Crippen molar-refractivity contribution in [2.24, 2.45) is 0 Å². The lowest BCUT2D eigenvalue weighted by molar-refractivity contribution is -0.116. The predicted molar refractivity (Wildman–Crippen MR) is 129 cm³/mol. The van der Waals surface area contributed by atoms with Crippen LogP contribution in [0.5, 0.6) is 0 Å². The van der Waals surface area contributed by atoms with Crippen LogP contribution in [0.2, 0.25) is 5.02 Å². The molecule has 1 heterocycles. The van der Waals surface area contributed by atoms with Crippen LogP contribution >= 0.6 is 23.4 Å². The number of hydrogen-bond acceptors (Lipinski definition) is 5. The van der Waals surface area contributed by atoms with Crippen molar-refractivity contribution >= 4 is 46.6 Å². The van der Waals surface area contributed by atoms with Crippen LogP contribution in [-0.2, 0) is 29.0 Å². The van der Waals surface area contributed by atoms with E-state index in [1.54, 1.807) is 10.6 Å². The van der Waals surface area contributed by atoms with Crippen molar-refractivity contribution in [2.75, 3.05) is 16.4 Å². The molecule has 0 fully saturated rings. The molecule has 3 rings (SSSR count). The van der Waals surface area contributed by atoms with E-state index in [1.807, 2.05) is 31.2 Å². The minimum Gasteiger partial charge on any atom is -0.325 e. The predicted octanol–water partition coefficient (Wildman–Crippen LogP) is 4.73. The maximum Gasteiger partial charge on any atom is 0.234 e. The van der Waals surface area contributed by atoms with Crippen LogP contribution in [0.1, 0.15) is 18.3 Å². The molecule has 0 spiro atoms. The van der Waals surface area contributed by atoms with Gasteiger partial charge >= 0.3 is 0 Å². The van der Waals surface area contributed by atoms with E-state index in [0.717, 1.165) is 17.7 Å². The first kappa shape index (κ1) is 24.5. The normalized spacial score (nSPS) is 10.6. The van der Waals surface area contributed by atoms with E-state index in [-0.39, 0.29) is 29.0 Å². The number of thioether (sulfide) groups is 1. The number of nitrogens with one attached hydrogen (secondary N) is 2. The molecule has 0 radical (unpaired) electrons. The number of benzene rings is 2. The summed E-state index contributed by atoms with van der Waals surface area (Å²) in [6, 6.07) is 11.6. The van der Waals surface area contributed by atoms with Gasteiger partial charge in [0.2, 0.25) is 11.8 Å². The first-order chi connectivity index (χ1) is 15.9. The highest BCUT2D eigenvalue weighted by atomic mass is 35.5. The van der Waals surface area contributed by atoms with Gasteiger partial charge in [-0.3, -0.25) is 9.59 Å². The van der Waals surface area contributed by atoms with Crippen LogP contribution in [0.4, 0.5) is 15.8 Å². The summed E-state index contributed by atoms with van der Waals surface area (Å²) in [5.41, 5.74) is 2.21. The van der Waals surface area contributed by atoms with E-state index in [2.05, 4.69) is 27.4 Å². The molecule has 0 saturated carbocycles. The van der Waals surface area contributed by atoms with E-state index in [9.17, 15) is 14.0 Å². The number of halogens is 2. The summed E-state index contributed by atoms with van der Waals surface area (Å²) in [7, 11) is 0. The van der Waals surface area contributed by atoms with E-state index in [1.165, 1.54) is 30.0 Å². The summed E-state index contributed by atoms with van der Waals surface area (Å²) in [6.07, 6.45) is 2.50. The topological polar surface area (TPSA) is 88.9 Å². The van der Waals surface area contributed by atoms with Crippen LogP contribution in [-0.4, -0.2) is 32.3 Å². The highest BCUT2D eigenvalue weighted by Crippen LogP contribution is 2.22. The summed E-state index contributed by atoms with van der Waals surface area (Å²) in [5.74, 6) is -0.575. The maximum absolute atomic E-state index is 13.3. The number of anilines is 2. The van der Waals surface area contributed by atoms with Gasteiger partial charge in [-0.2, -0.15) is 0 Å². The van der Waals surface area contributed by atoms with Gasteiger partial charge in [0.1, 0.15) is 11.6 Å². The zero-order chi connectivity index (χ0) is 23.8. The molecule has 2 N–H and O–H groups in total. The lowest BCUT2D eigenvalue weighted by Gasteiger charge is -2.11. The molecule has 172 valence electrons. The van der Waals surface area contributed by atoms with Crippen LogP contribution in [0.15, 0.2) is 60.3 Å². The molecular weight excluding hydrogens is 465 g/mol. The third kappa shape index (κ3) is 6.66. The van der Waals surface area contributed by atoms with Crippen molar-refractivity contribution in [1.29, 1.82) is 0 Å². The lowest BCUT2D eigenvalue weighted by atomic mass is 10.1. The molecule has 0 bridgehead atoms. The summed E-state index contributed by atoms with van der Waals surface area (Å²) >= 11 is 6.91. The molecule has 33 heavy (non-hydrogen) atoms. The Kier molecular flexibility index (Phi) is 8.62. The number of aromatic nitrogens is 3. The van der Waals surface area contributed by atoms with Gasteiger partial charge in [0.15, 0.2) is 5.16 Å². The molecule has 2 amide bonds. The highest BCUT2D eigenvalue weighted by Gasteiger charge is 2.17. The Labute approximate surface area is 200 Å². The second-order valence-corrected chi connectivity index (χ2v) is 8.35.